The molecule has 0 bridgehead atoms. The number of amides is 3. The van der Waals surface area contributed by atoms with Gasteiger partial charge in [-0.1, -0.05) is 19.9 Å². The highest BCUT2D eigenvalue weighted by Gasteiger charge is 2.13. The number of ether oxygens (including phenoxy) is 1. The van der Waals surface area contributed by atoms with Crippen LogP contribution in [-0.4, -0.2) is 30.6 Å². The summed E-state index contributed by atoms with van der Waals surface area (Å²) in [6.45, 7) is 6.63. The van der Waals surface area contributed by atoms with Crippen molar-refractivity contribution in [2.45, 2.75) is 20.8 Å². The van der Waals surface area contributed by atoms with Gasteiger partial charge < -0.3 is 15.4 Å². The van der Waals surface area contributed by atoms with E-state index in [-0.39, 0.29) is 11.6 Å². The molecule has 1 aromatic carbocycles. The molecule has 0 aliphatic rings. The number of carbonyl (C=O) groups is 2. The van der Waals surface area contributed by atoms with E-state index >= 15 is 0 Å². The van der Waals surface area contributed by atoms with Crippen molar-refractivity contribution in [2.75, 3.05) is 24.3 Å². The number of hydrogen-bond donors (Lipinski definition) is 3. The van der Waals surface area contributed by atoms with Gasteiger partial charge in [-0.05, 0) is 30.5 Å². The van der Waals surface area contributed by atoms with Crippen LogP contribution in [0.2, 0.25) is 0 Å². The summed E-state index contributed by atoms with van der Waals surface area (Å²) in [6.07, 6.45) is 0. The molecule has 1 aromatic heterocycles. The van der Waals surface area contributed by atoms with Gasteiger partial charge in [0, 0.05) is 12.4 Å². The molecule has 0 saturated heterocycles. The summed E-state index contributed by atoms with van der Waals surface area (Å²) in [4.78, 5) is 27.8. The highest BCUT2D eigenvalue weighted by molar-refractivity contribution is 7.14. The average Bonchev–Trinajstić information content (AvgIpc) is 3.02. The third-order valence-corrected chi connectivity index (χ3v) is 3.90. The quantitative estimate of drug-likeness (QED) is 0.733. The molecule has 0 aliphatic carbocycles. The van der Waals surface area contributed by atoms with Gasteiger partial charge in [-0.2, -0.15) is 0 Å². The first-order valence-corrected chi connectivity index (χ1v) is 8.76. The predicted molar refractivity (Wildman–Crippen MR) is 99.7 cm³/mol. The summed E-state index contributed by atoms with van der Waals surface area (Å²) in [5, 5.41) is 9.78. The van der Waals surface area contributed by atoms with Gasteiger partial charge in [-0.15, -0.1) is 11.3 Å². The van der Waals surface area contributed by atoms with Crippen molar-refractivity contribution in [2.24, 2.45) is 5.92 Å². The Labute approximate surface area is 150 Å². The molecule has 3 N–H and O–H groups in total. The molecule has 0 saturated carbocycles. The number of benzene rings is 1. The second kappa shape index (κ2) is 8.48. The standard InChI is InChI=1S/C17H22N4O3S/c1-10(2)8-24-14-7-11(3)5-6-12(14)19-16(23)21-17-20-13(9-25-17)15(22)18-4/h5-7,9-10H,8H2,1-4H3,(H,18,22)(H2,19,20,21,23). The number of aromatic nitrogens is 1. The normalized spacial score (nSPS) is 10.4. The Hall–Kier alpha value is -2.61. The van der Waals surface area contributed by atoms with Crippen molar-refractivity contribution in [3.63, 3.8) is 0 Å². The molecule has 0 spiro atoms. The third-order valence-electron chi connectivity index (χ3n) is 3.14. The number of carbonyl (C=O) groups excluding carboxylic acids is 2. The maximum atomic E-state index is 12.2. The molecule has 0 aliphatic heterocycles. The third kappa shape index (κ3) is 5.46. The molecule has 25 heavy (non-hydrogen) atoms. The summed E-state index contributed by atoms with van der Waals surface area (Å²) >= 11 is 1.18. The largest absolute Gasteiger partial charge is 0.491 e. The Balaban J connectivity index is 2.04. The topological polar surface area (TPSA) is 92.4 Å². The molecule has 2 aromatic rings. The number of anilines is 2. The molecule has 0 radical (unpaired) electrons. The van der Waals surface area contributed by atoms with Crippen molar-refractivity contribution in [1.29, 1.82) is 0 Å². The van der Waals surface area contributed by atoms with Crippen LogP contribution in [0.15, 0.2) is 23.6 Å². The first kappa shape index (κ1) is 18.7. The molecular weight excluding hydrogens is 340 g/mol. The maximum absolute atomic E-state index is 12.2. The van der Waals surface area contributed by atoms with E-state index in [4.69, 9.17) is 4.74 Å². The smallest absolute Gasteiger partial charge is 0.325 e. The van der Waals surface area contributed by atoms with E-state index in [1.807, 2.05) is 19.1 Å². The van der Waals surface area contributed by atoms with Gasteiger partial charge in [0.15, 0.2) is 5.13 Å². The van der Waals surface area contributed by atoms with Gasteiger partial charge in [-0.25, -0.2) is 9.78 Å². The fraction of sp³-hybridized carbons (Fsp3) is 0.353. The number of rotatable bonds is 6. The van der Waals surface area contributed by atoms with Crippen LogP contribution in [0.4, 0.5) is 15.6 Å². The molecule has 0 atom stereocenters. The Kier molecular flexibility index (Phi) is 6.35. The minimum Gasteiger partial charge on any atom is -0.491 e. The second-order valence-electron chi connectivity index (χ2n) is 5.90. The number of thiazole rings is 1. The van der Waals surface area contributed by atoms with Crippen molar-refractivity contribution in [1.82, 2.24) is 10.3 Å². The monoisotopic (exact) mass is 362 g/mol. The lowest BCUT2D eigenvalue weighted by Crippen LogP contribution is -2.21. The SMILES string of the molecule is CNC(=O)c1csc(NC(=O)Nc2ccc(C)cc2OCC(C)C)n1. The number of hydrogen-bond acceptors (Lipinski definition) is 5. The predicted octanol–water partition coefficient (Wildman–Crippen LogP) is 3.49. The minimum atomic E-state index is -0.448. The zero-order chi connectivity index (χ0) is 18.4. The van der Waals surface area contributed by atoms with Gasteiger partial charge in [0.2, 0.25) is 0 Å². The van der Waals surface area contributed by atoms with E-state index in [0.29, 0.717) is 29.1 Å². The molecule has 7 nitrogen and oxygen atoms in total. The maximum Gasteiger partial charge on any atom is 0.325 e. The van der Waals surface area contributed by atoms with Crippen LogP contribution < -0.4 is 20.7 Å². The molecule has 8 heteroatoms. The van der Waals surface area contributed by atoms with E-state index in [1.54, 1.807) is 11.4 Å². The Morgan fingerprint density at radius 3 is 2.72 bits per heavy atom. The number of nitrogens with one attached hydrogen (secondary N) is 3. The zero-order valence-corrected chi connectivity index (χ0v) is 15.5. The lowest BCUT2D eigenvalue weighted by Gasteiger charge is -2.14. The summed E-state index contributed by atoms with van der Waals surface area (Å²) < 4.78 is 5.77. The molecular formula is C17H22N4O3S. The van der Waals surface area contributed by atoms with E-state index in [9.17, 15) is 9.59 Å². The van der Waals surface area contributed by atoms with Crippen LogP contribution in [0.1, 0.15) is 29.9 Å². The van der Waals surface area contributed by atoms with Crippen molar-refractivity contribution in [3.05, 3.63) is 34.8 Å². The van der Waals surface area contributed by atoms with E-state index < -0.39 is 6.03 Å². The van der Waals surface area contributed by atoms with Crippen LogP contribution in [0, 0.1) is 12.8 Å². The van der Waals surface area contributed by atoms with Crippen molar-refractivity contribution < 1.29 is 14.3 Å². The molecule has 2 rings (SSSR count). The van der Waals surface area contributed by atoms with Crippen LogP contribution >= 0.6 is 11.3 Å². The number of nitrogens with zero attached hydrogens (tertiary/aromatic N) is 1. The molecule has 134 valence electrons. The number of urea groups is 1. The summed E-state index contributed by atoms with van der Waals surface area (Å²) in [5.41, 5.74) is 1.88. The summed E-state index contributed by atoms with van der Waals surface area (Å²) in [7, 11) is 1.53. The summed E-state index contributed by atoms with van der Waals surface area (Å²) in [6, 6.07) is 5.12. The summed E-state index contributed by atoms with van der Waals surface area (Å²) in [5.74, 6) is 0.697. The van der Waals surface area contributed by atoms with Gasteiger partial charge in [-0.3, -0.25) is 10.1 Å². The highest BCUT2D eigenvalue weighted by Crippen LogP contribution is 2.26. The van der Waals surface area contributed by atoms with Crippen molar-refractivity contribution in [3.8, 4) is 5.75 Å². The van der Waals surface area contributed by atoms with Crippen LogP contribution in [-0.2, 0) is 0 Å². The highest BCUT2D eigenvalue weighted by atomic mass is 32.1. The fourth-order valence-electron chi connectivity index (χ4n) is 1.92. The Morgan fingerprint density at radius 1 is 1.28 bits per heavy atom. The Morgan fingerprint density at radius 2 is 2.04 bits per heavy atom. The second-order valence-corrected chi connectivity index (χ2v) is 6.76. The first-order chi connectivity index (χ1) is 11.9. The average molecular weight is 362 g/mol. The minimum absolute atomic E-state index is 0.263. The van der Waals surface area contributed by atoms with Crippen LogP contribution in [0.25, 0.3) is 0 Å². The van der Waals surface area contributed by atoms with E-state index in [0.717, 1.165) is 5.56 Å². The molecule has 0 fully saturated rings. The van der Waals surface area contributed by atoms with E-state index in [1.165, 1.54) is 18.4 Å². The van der Waals surface area contributed by atoms with Gasteiger partial charge in [0.05, 0.1) is 12.3 Å². The first-order valence-electron chi connectivity index (χ1n) is 7.88. The van der Waals surface area contributed by atoms with Gasteiger partial charge in [0.25, 0.3) is 5.91 Å². The van der Waals surface area contributed by atoms with Gasteiger partial charge >= 0.3 is 6.03 Å². The zero-order valence-electron chi connectivity index (χ0n) is 14.7. The lowest BCUT2D eigenvalue weighted by molar-refractivity contribution is 0.0959. The number of aryl methyl sites for hydroxylation is 1. The fourth-order valence-corrected chi connectivity index (χ4v) is 2.61. The molecule has 1 heterocycles. The van der Waals surface area contributed by atoms with E-state index in [2.05, 4.69) is 34.8 Å². The van der Waals surface area contributed by atoms with Crippen molar-refractivity contribution >= 4 is 34.1 Å². The Bertz CT molecular complexity index is 758. The molecule has 0 unspecified atom stereocenters. The van der Waals surface area contributed by atoms with Crippen LogP contribution in [0.5, 0.6) is 5.75 Å². The van der Waals surface area contributed by atoms with Gasteiger partial charge in [0.1, 0.15) is 11.4 Å². The lowest BCUT2D eigenvalue weighted by atomic mass is 10.2. The molecule has 3 amide bonds. The van der Waals surface area contributed by atoms with Crippen LogP contribution in [0.3, 0.4) is 0 Å².